The zero-order valence-corrected chi connectivity index (χ0v) is 14.1. The summed E-state index contributed by atoms with van der Waals surface area (Å²) < 4.78 is 3.01. The normalized spacial score (nSPS) is 22.8. The molecule has 2 rings (SSSR count). The molecule has 1 N–H and O–H groups in total. The van der Waals surface area contributed by atoms with Gasteiger partial charge < -0.3 is 9.88 Å². The van der Waals surface area contributed by atoms with Crippen LogP contribution in [0.25, 0.3) is 0 Å². The van der Waals surface area contributed by atoms with E-state index in [2.05, 4.69) is 35.1 Å². The molecule has 1 fully saturated rings. The predicted octanol–water partition coefficient (Wildman–Crippen LogP) is 4.22. The molecule has 20 heavy (non-hydrogen) atoms. The third kappa shape index (κ3) is 4.11. The van der Waals surface area contributed by atoms with Crippen LogP contribution in [0.1, 0.15) is 56.4 Å². The van der Waals surface area contributed by atoms with Crippen molar-refractivity contribution in [3.05, 3.63) is 22.4 Å². The van der Waals surface area contributed by atoms with Crippen LogP contribution in [0.3, 0.4) is 0 Å². The number of carbonyl (C=O) groups is 1. The molecule has 0 saturated heterocycles. The van der Waals surface area contributed by atoms with Crippen LogP contribution in [-0.4, -0.2) is 17.0 Å². The molecule has 1 saturated carbocycles. The summed E-state index contributed by atoms with van der Waals surface area (Å²) in [5.41, 5.74) is 0.766. The van der Waals surface area contributed by atoms with Gasteiger partial charge in [0.2, 0.25) is 0 Å². The topological polar surface area (TPSA) is 34.0 Å². The van der Waals surface area contributed by atoms with Gasteiger partial charge >= 0.3 is 0 Å². The van der Waals surface area contributed by atoms with E-state index in [4.69, 9.17) is 0 Å². The number of aromatic nitrogens is 1. The third-order valence-electron chi connectivity index (χ3n) is 4.16. The van der Waals surface area contributed by atoms with Gasteiger partial charge in [-0.3, -0.25) is 4.79 Å². The highest BCUT2D eigenvalue weighted by molar-refractivity contribution is 9.10. The summed E-state index contributed by atoms with van der Waals surface area (Å²) in [6.07, 6.45) is 8.17. The van der Waals surface area contributed by atoms with Crippen molar-refractivity contribution in [1.29, 1.82) is 0 Å². The van der Waals surface area contributed by atoms with Crippen molar-refractivity contribution in [1.82, 2.24) is 9.88 Å². The molecule has 0 radical (unpaired) electrons. The van der Waals surface area contributed by atoms with Crippen LogP contribution in [0, 0.1) is 11.8 Å². The summed E-state index contributed by atoms with van der Waals surface area (Å²) >= 11 is 3.46. The average molecular weight is 341 g/mol. The Morgan fingerprint density at radius 3 is 3.00 bits per heavy atom. The number of aryl methyl sites for hydroxylation is 1. The van der Waals surface area contributed by atoms with Crippen LogP contribution in [0.15, 0.2) is 16.7 Å². The molecule has 0 aliphatic heterocycles. The minimum absolute atomic E-state index is 0.0578. The van der Waals surface area contributed by atoms with Gasteiger partial charge in [0.25, 0.3) is 5.91 Å². The van der Waals surface area contributed by atoms with Crippen molar-refractivity contribution in [3.8, 4) is 0 Å². The second kappa shape index (κ2) is 7.30. The first-order chi connectivity index (χ1) is 9.60. The lowest BCUT2D eigenvalue weighted by atomic mass is 9.82. The van der Waals surface area contributed by atoms with Gasteiger partial charge in [-0.05, 0) is 53.1 Å². The molecule has 1 aromatic heterocycles. The number of amides is 1. The number of rotatable bonds is 5. The number of hydrogen-bond acceptors (Lipinski definition) is 1. The molecule has 4 heteroatoms. The van der Waals surface area contributed by atoms with Crippen molar-refractivity contribution < 1.29 is 4.79 Å². The van der Waals surface area contributed by atoms with Gasteiger partial charge in [0.1, 0.15) is 5.69 Å². The van der Waals surface area contributed by atoms with E-state index in [-0.39, 0.29) is 5.91 Å². The molecular formula is C16H25BrN2O. The number of hydrogen-bond donors (Lipinski definition) is 1. The van der Waals surface area contributed by atoms with Gasteiger partial charge in [-0.15, -0.1) is 0 Å². The van der Waals surface area contributed by atoms with Gasteiger partial charge in [-0.2, -0.15) is 0 Å². The zero-order valence-electron chi connectivity index (χ0n) is 12.5. The number of halogens is 1. The van der Waals surface area contributed by atoms with Crippen molar-refractivity contribution in [2.24, 2.45) is 11.8 Å². The van der Waals surface area contributed by atoms with Crippen LogP contribution in [0.2, 0.25) is 0 Å². The molecule has 112 valence electrons. The minimum Gasteiger partial charge on any atom is -0.350 e. The first-order valence-corrected chi connectivity index (χ1v) is 8.53. The van der Waals surface area contributed by atoms with E-state index < -0.39 is 0 Å². The minimum atomic E-state index is 0.0578. The van der Waals surface area contributed by atoms with E-state index in [1.165, 1.54) is 25.7 Å². The Balaban J connectivity index is 1.91. The Hall–Kier alpha value is -0.770. The predicted molar refractivity (Wildman–Crippen MR) is 85.9 cm³/mol. The number of carbonyl (C=O) groups excluding carboxylic acids is 1. The lowest BCUT2D eigenvalue weighted by Crippen LogP contribution is -2.32. The van der Waals surface area contributed by atoms with Gasteiger partial charge in [0.05, 0.1) is 0 Å². The molecule has 2 atom stereocenters. The maximum absolute atomic E-state index is 12.3. The van der Waals surface area contributed by atoms with E-state index in [1.807, 2.05) is 16.8 Å². The van der Waals surface area contributed by atoms with E-state index >= 15 is 0 Å². The maximum atomic E-state index is 12.3. The lowest BCUT2D eigenvalue weighted by molar-refractivity contribution is 0.0931. The van der Waals surface area contributed by atoms with E-state index in [1.54, 1.807) is 0 Å². The molecule has 2 unspecified atom stereocenters. The first-order valence-electron chi connectivity index (χ1n) is 7.74. The molecular weight excluding hydrogens is 316 g/mol. The van der Waals surface area contributed by atoms with Crippen molar-refractivity contribution in [3.63, 3.8) is 0 Å². The summed E-state index contributed by atoms with van der Waals surface area (Å²) in [5.74, 6) is 1.52. The Morgan fingerprint density at radius 2 is 2.30 bits per heavy atom. The van der Waals surface area contributed by atoms with Crippen molar-refractivity contribution >= 4 is 21.8 Å². The highest BCUT2D eigenvalue weighted by Gasteiger charge is 2.20. The maximum Gasteiger partial charge on any atom is 0.267 e. The quantitative estimate of drug-likeness (QED) is 0.855. The van der Waals surface area contributed by atoms with Crippen LogP contribution in [0.5, 0.6) is 0 Å². The number of nitrogens with one attached hydrogen (secondary N) is 1. The zero-order chi connectivity index (χ0) is 14.5. The lowest BCUT2D eigenvalue weighted by Gasteiger charge is -2.26. The molecule has 1 aromatic rings. The van der Waals surface area contributed by atoms with E-state index in [9.17, 15) is 4.79 Å². The SMILES string of the molecule is CCCn1cc(Br)cc1C(=O)NCC1CCCC(C)C1. The molecule has 1 aliphatic rings. The summed E-state index contributed by atoms with van der Waals surface area (Å²) in [6.45, 7) is 6.14. The molecule has 0 bridgehead atoms. The van der Waals surface area contributed by atoms with Crippen LogP contribution >= 0.6 is 15.9 Å². The molecule has 3 nitrogen and oxygen atoms in total. The van der Waals surface area contributed by atoms with Gasteiger partial charge in [-0.1, -0.05) is 26.7 Å². The fraction of sp³-hybridized carbons (Fsp3) is 0.688. The summed E-state index contributed by atoms with van der Waals surface area (Å²) in [7, 11) is 0. The fourth-order valence-electron chi connectivity index (χ4n) is 3.16. The third-order valence-corrected chi connectivity index (χ3v) is 4.59. The fourth-order valence-corrected chi connectivity index (χ4v) is 3.63. The Morgan fingerprint density at radius 1 is 1.50 bits per heavy atom. The summed E-state index contributed by atoms with van der Waals surface area (Å²) in [6, 6.07) is 1.91. The van der Waals surface area contributed by atoms with Crippen molar-refractivity contribution in [2.75, 3.05) is 6.54 Å². The Bertz CT molecular complexity index is 455. The van der Waals surface area contributed by atoms with Gasteiger partial charge in [-0.25, -0.2) is 0 Å². The first kappa shape index (κ1) is 15.6. The summed E-state index contributed by atoms with van der Waals surface area (Å²) in [5, 5.41) is 3.12. The van der Waals surface area contributed by atoms with Crippen LogP contribution in [0.4, 0.5) is 0 Å². The molecule has 0 spiro atoms. The smallest absolute Gasteiger partial charge is 0.267 e. The molecule has 1 aliphatic carbocycles. The Labute approximate surface area is 130 Å². The summed E-state index contributed by atoms with van der Waals surface area (Å²) in [4.78, 5) is 12.3. The molecule has 0 aromatic carbocycles. The standard InChI is InChI=1S/C16H25BrN2O/c1-3-7-19-11-14(17)9-15(19)16(20)18-10-13-6-4-5-12(2)8-13/h9,11-13H,3-8,10H2,1-2H3,(H,18,20). The van der Waals surface area contributed by atoms with Gasteiger partial charge in [0, 0.05) is 23.8 Å². The van der Waals surface area contributed by atoms with E-state index in [0.29, 0.717) is 5.92 Å². The van der Waals surface area contributed by atoms with Crippen LogP contribution in [-0.2, 0) is 6.54 Å². The largest absolute Gasteiger partial charge is 0.350 e. The van der Waals surface area contributed by atoms with Gasteiger partial charge in [0.15, 0.2) is 0 Å². The monoisotopic (exact) mass is 340 g/mol. The highest BCUT2D eigenvalue weighted by Crippen LogP contribution is 2.28. The molecule has 1 heterocycles. The Kier molecular flexibility index (Phi) is 5.70. The van der Waals surface area contributed by atoms with E-state index in [0.717, 1.165) is 35.6 Å². The second-order valence-corrected chi connectivity index (χ2v) is 7.00. The van der Waals surface area contributed by atoms with Crippen molar-refractivity contribution in [2.45, 2.75) is 52.5 Å². The van der Waals surface area contributed by atoms with Crippen LogP contribution < -0.4 is 5.32 Å². The average Bonchev–Trinajstić information content (AvgIpc) is 2.78. The molecule has 1 amide bonds. The highest BCUT2D eigenvalue weighted by atomic mass is 79.9. The second-order valence-electron chi connectivity index (χ2n) is 6.08. The number of nitrogens with zero attached hydrogens (tertiary/aromatic N) is 1.